The summed E-state index contributed by atoms with van der Waals surface area (Å²) < 4.78 is 7.62. The van der Waals surface area contributed by atoms with Crippen LogP contribution in [0.5, 0.6) is 0 Å². The van der Waals surface area contributed by atoms with Crippen molar-refractivity contribution < 1.29 is 4.74 Å². The van der Waals surface area contributed by atoms with E-state index in [1.54, 1.807) is 0 Å². The maximum Gasteiger partial charge on any atom is 0.0847 e. The van der Waals surface area contributed by atoms with Gasteiger partial charge in [-0.15, -0.1) is 0 Å². The molecule has 0 radical (unpaired) electrons. The number of nitrogens with two attached hydrogens (primary N) is 1. The largest absolute Gasteiger partial charge is 0.377 e. The van der Waals surface area contributed by atoms with E-state index in [9.17, 15) is 0 Å². The highest BCUT2D eigenvalue weighted by Gasteiger charge is 2.36. The maximum atomic E-state index is 6.30. The molecule has 1 saturated carbocycles. The molecule has 2 atom stereocenters. The van der Waals surface area contributed by atoms with Gasteiger partial charge in [-0.05, 0) is 32.6 Å². The summed E-state index contributed by atoms with van der Waals surface area (Å²) in [6.07, 6.45) is 3.34. The lowest BCUT2D eigenvalue weighted by Crippen LogP contribution is -2.40. The zero-order valence-electron chi connectivity index (χ0n) is 11.3. The second-order valence-electron chi connectivity index (χ2n) is 5.10. The molecule has 1 aromatic rings. The Hall–Kier alpha value is -0.580. The molecule has 0 saturated heterocycles. The Morgan fingerprint density at radius 1 is 1.56 bits per heavy atom. The minimum Gasteiger partial charge on any atom is -0.377 e. The number of hydrogen-bond donors (Lipinski definition) is 1. The monoisotopic (exact) mass is 271 g/mol. The Bertz CT molecular complexity index is 415. The van der Waals surface area contributed by atoms with Crippen LogP contribution in [0.1, 0.15) is 31.2 Å². The molecule has 0 amide bonds. The van der Waals surface area contributed by atoms with Crippen molar-refractivity contribution >= 4 is 11.6 Å². The number of rotatable bonds is 6. The lowest BCUT2D eigenvalue weighted by atomic mass is 10.0. The van der Waals surface area contributed by atoms with E-state index in [1.807, 2.05) is 25.6 Å². The standard InChI is InChI=1S/C13H22ClN3O/c1-4-18-13(9-5-6-9)10(15)7-11-12(14)8(2)16-17(11)3/h9-10,13H,4-7,15H2,1-3H3. The van der Waals surface area contributed by atoms with E-state index in [1.165, 1.54) is 12.8 Å². The second kappa shape index (κ2) is 5.59. The number of halogens is 1. The van der Waals surface area contributed by atoms with Crippen molar-refractivity contribution in [1.82, 2.24) is 9.78 Å². The van der Waals surface area contributed by atoms with E-state index in [4.69, 9.17) is 22.1 Å². The average molecular weight is 272 g/mol. The fourth-order valence-corrected chi connectivity index (χ4v) is 2.70. The molecule has 1 aliphatic carbocycles. The predicted molar refractivity (Wildman–Crippen MR) is 72.8 cm³/mol. The van der Waals surface area contributed by atoms with E-state index in [-0.39, 0.29) is 12.1 Å². The summed E-state index contributed by atoms with van der Waals surface area (Å²) in [4.78, 5) is 0. The minimum atomic E-state index is -0.00949. The van der Waals surface area contributed by atoms with Crippen molar-refractivity contribution in [3.05, 3.63) is 16.4 Å². The summed E-state index contributed by atoms with van der Waals surface area (Å²) in [6, 6.07) is -0.00949. The van der Waals surface area contributed by atoms with Gasteiger partial charge in [0.2, 0.25) is 0 Å². The number of aromatic nitrogens is 2. The van der Waals surface area contributed by atoms with Gasteiger partial charge < -0.3 is 10.5 Å². The molecule has 2 unspecified atom stereocenters. The number of ether oxygens (including phenoxy) is 1. The number of hydrogen-bond acceptors (Lipinski definition) is 3. The van der Waals surface area contributed by atoms with Crippen LogP contribution in [0.15, 0.2) is 0 Å². The normalized spacial score (nSPS) is 18.9. The van der Waals surface area contributed by atoms with Crippen LogP contribution in [0, 0.1) is 12.8 Å². The third-order valence-electron chi connectivity index (χ3n) is 3.56. The van der Waals surface area contributed by atoms with Crippen molar-refractivity contribution in [2.24, 2.45) is 18.7 Å². The number of aryl methyl sites for hydroxylation is 2. The lowest BCUT2D eigenvalue weighted by molar-refractivity contribution is 0.0284. The van der Waals surface area contributed by atoms with Gasteiger partial charge in [0.1, 0.15) is 0 Å². The van der Waals surface area contributed by atoms with Gasteiger partial charge in [0.25, 0.3) is 0 Å². The van der Waals surface area contributed by atoms with Gasteiger partial charge in [0, 0.05) is 26.1 Å². The Balaban J connectivity index is 2.07. The Labute approximate surface area is 113 Å². The smallest absolute Gasteiger partial charge is 0.0847 e. The van der Waals surface area contributed by atoms with Crippen molar-refractivity contribution in [2.45, 2.75) is 45.3 Å². The fraction of sp³-hybridized carbons (Fsp3) is 0.769. The van der Waals surface area contributed by atoms with Crippen LogP contribution in [0.4, 0.5) is 0 Å². The molecule has 0 bridgehead atoms. The van der Waals surface area contributed by atoms with E-state index in [2.05, 4.69) is 5.10 Å². The Morgan fingerprint density at radius 3 is 2.67 bits per heavy atom. The first kappa shape index (κ1) is 13.8. The van der Waals surface area contributed by atoms with Crippen LogP contribution < -0.4 is 5.73 Å². The molecule has 102 valence electrons. The van der Waals surface area contributed by atoms with Gasteiger partial charge in [-0.2, -0.15) is 5.10 Å². The van der Waals surface area contributed by atoms with Gasteiger partial charge >= 0.3 is 0 Å². The van der Waals surface area contributed by atoms with Gasteiger partial charge in [-0.1, -0.05) is 11.6 Å². The van der Waals surface area contributed by atoms with Crippen LogP contribution in [0.2, 0.25) is 5.02 Å². The SMILES string of the molecule is CCOC(C(N)Cc1c(Cl)c(C)nn1C)C1CC1. The second-order valence-corrected chi connectivity index (χ2v) is 5.47. The zero-order valence-corrected chi connectivity index (χ0v) is 12.1. The molecule has 1 aliphatic rings. The highest BCUT2D eigenvalue weighted by molar-refractivity contribution is 6.31. The Morgan fingerprint density at radius 2 is 2.22 bits per heavy atom. The molecular weight excluding hydrogens is 250 g/mol. The van der Waals surface area contributed by atoms with E-state index in [0.717, 1.165) is 22.8 Å². The third-order valence-corrected chi connectivity index (χ3v) is 4.05. The summed E-state index contributed by atoms with van der Waals surface area (Å²) in [7, 11) is 1.91. The number of nitrogens with zero attached hydrogens (tertiary/aromatic N) is 2. The first-order valence-corrected chi connectivity index (χ1v) is 6.97. The lowest BCUT2D eigenvalue weighted by Gasteiger charge is -2.23. The molecule has 1 aromatic heterocycles. The van der Waals surface area contributed by atoms with E-state index >= 15 is 0 Å². The van der Waals surface area contributed by atoms with Crippen molar-refractivity contribution in [3.63, 3.8) is 0 Å². The summed E-state index contributed by atoms with van der Waals surface area (Å²) in [5.74, 6) is 0.632. The van der Waals surface area contributed by atoms with Gasteiger partial charge in [0.05, 0.1) is 22.5 Å². The molecule has 0 aliphatic heterocycles. The molecule has 0 spiro atoms. The van der Waals surface area contributed by atoms with Gasteiger partial charge in [0.15, 0.2) is 0 Å². The quantitative estimate of drug-likeness (QED) is 0.862. The molecule has 1 heterocycles. The topological polar surface area (TPSA) is 53.1 Å². The fourth-order valence-electron chi connectivity index (χ4n) is 2.47. The van der Waals surface area contributed by atoms with Crippen LogP contribution in [-0.4, -0.2) is 28.5 Å². The van der Waals surface area contributed by atoms with Crippen LogP contribution in [0.3, 0.4) is 0 Å². The molecule has 2 N–H and O–H groups in total. The Kier molecular flexibility index (Phi) is 4.30. The third kappa shape index (κ3) is 2.87. The predicted octanol–water partition coefficient (Wildman–Crippen LogP) is 2.07. The molecular formula is C13H22ClN3O. The van der Waals surface area contributed by atoms with Crippen LogP contribution >= 0.6 is 11.6 Å². The van der Waals surface area contributed by atoms with Crippen molar-refractivity contribution in [1.29, 1.82) is 0 Å². The van der Waals surface area contributed by atoms with E-state index < -0.39 is 0 Å². The molecule has 5 heteroatoms. The minimum absolute atomic E-state index is 0.00949. The highest BCUT2D eigenvalue weighted by Crippen LogP contribution is 2.36. The molecule has 4 nitrogen and oxygen atoms in total. The molecule has 0 aromatic carbocycles. The maximum absolute atomic E-state index is 6.30. The highest BCUT2D eigenvalue weighted by atomic mass is 35.5. The van der Waals surface area contributed by atoms with Gasteiger partial charge in [-0.25, -0.2) is 0 Å². The average Bonchev–Trinajstić information content (AvgIpc) is 3.12. The summed E-state index contributed by atoms with van der Waals surface area (Å²) in [6.45, 7) is 4.65. The summed E-state index contributed by atoms with van der Waals surface area (Å²) in [5, 5.41) is 5.05. The van der Waals surface area contributed by atoms with E-state index in [0.29, 0.717) is 12.5 Å². The molecule has 1 fully saturated rings. The van der Waals surface area contributed by atoms with Crippen molar-refractivity contribution in [2.75, 3.05) is 6.61 Å². The van der Waals surface area contributed by atoms with Crippen molar-refractivity contribution in [3.8, 4) is 0 Å². The first-order valence-electron chi connectivity index (χ1n) is 6.59. The first-order chi connectivity index (χ1) is 8.54. The van der Waals surface area contributed by atoms with Crippen LogP contribution in [-0.2, 0) is 18.2 Å². The van der Waals surface area contributed by atoms with Gasteiger partial charge in [-0.3, -0.25) is 4.68 Å². The molecule has 2 rings (SSSR count). The summed E-state index contributed by atoms with van der Waals surface area (Å²) >= 11 is 6.26. The van der Waals surface area contributed by atoms with Crippen LogP contribution in [0.25, 0.3) is 0 Å². The summed E-state index contributed by atoms with van der Waals surface area (Å²) in [5.41, 5.74) is 8.17. The molecule has 18 heavy (non-hydrogen) atoms. The zero-order chi connectivity index (χ0) is 13.3.